The first-order valence-electron chi connectivity index (χ1n) is 4.40. The van der Waals surface area contributed by atoms with Crippen LogP contribution in [0, 0.1) is 0 Å². The summed E-state index contributed by atoms with van der Waals surface area (Å²) in [4.78, 5) is 21.5. The third kappa shape index (κ3) is 4.83. The molecule has 0 N–H and O–H groups in total. The topological polar surface area (TPSA) is 34.1 Å². The van der Waals surface area contributed by atoms with Crippen molar-refractivity contribution in [2.75, 3.05) is 0 Å². The van der Waals surface area contributed by atoms with Crippen LogP contribution in [0.2, 0.25) is 0 Å². The fraction of sp³-hybridized carbons (Fsp3) is 0.600. The van der Waals surface area contributed by atoms with Gasteiger partial charge in [0.1, 0.15) is 12.1 Å². The van der Waals surface area contributed by atoms with Crippen molar-refractivity contribution in [3.8, 4) is 0 Å². The monoisotopic (exact) mass is 168 g/mol. The molecule has 0 aliphatic rings. The smallest absolute Gasteiger partial charge is 0.146 e. The first kappa shape index (κ1) is 11.1. The summed E-state index contributed by atoms with van der Waals surface area (Å²) in [5.74, 6) is 0.157. The molecule has 12 heavy (non-hydrogen) atoms. The zero-order valence-electron chi connectivity index (χ0n) is 7.80. The molecule has 68 valence electrons. The first-order chi connectivity index (χ1) is 5.74. The van der Waals surface area contributed by atoms with Crippen molar-refractivity contribution in [3.05, 3.63) is 11.6 Å². The molecule has 0 fully saturated rings. The Balaban J connectivity index is 3.94. The lowest BCUT2D eigenvalue weighted by molar-refractivity contribution is -0.119. The van der Waals surface area contributed by atoms with Gasteiger partial charge in [-0.1, -0.05) is 19.9 Å². The third-order valence-electron chi connectivity index (χ3n) is 1.55. The summed E-state index contributed by atoms with van der Waals surface area (Å²) in [5.41, 5.74) is 0.621. The van der Waals surface area contributed by atoms with Crippen LogP contribution in [0.25, 0.3) is 0 Å². The summed E-state index contributed by atoms with van der Waals surface area (Å²) in [6.07, 6.45) is 5.14. The number of allylic oxidation sites excluding steroid dienone is 2. The molecule has 0 aliphatic carbocycles. The lowest BCUT2D eigenvalue weighted by Gasteiger charge is -1.97. The Labute approximate surface area is 73.7 Å². The number of carbonyl (C=O) groups excluding carboxylic acids is 2. The van der Waals surface area contributed by atoms with Gasteiger partial charge in [0.15, 0.2) is 0 Å². The summed E-state index contributed by atoms with van der Waals surface area (Å²) in [6, 6.07) is 0. The molecule has 0 amide bonds. The number of aldehydes is 1. The van der Waals surface area contributed by atoms with E-state index in [0.717, 1.165) is 19.1 Å². The van der Waals surface area contributed by atoms with Gasteiger partial charge in [0.25, 0.3) is 0 Å². The molecule has 0 heterocycles. The molecule has 0 atom stereocenters. The van der Waals surface area contributed by atoms with E-state index in [1.54, 1.807) is 6.08 Å². The second kappa shape index (κ2) is 6.77. The maximum absolute atomic E-state index is 11.1. The van der Waals surface area contributed by atoms with E-state index < -0.39 is 0 Å². The lowest BCUT2D eigenvalue weighted by atomic mass is 10.1. The van der Waals surface area contributed by atoms with Crippen LogP contribution in [0.1, 0.15) is 39.5 Å². The van der Waals surface area contributed by atoms with E-state index in [1.807, 2.05) is 13.8 Å². The van der Waals surface area contributed by atoms with Gasteiger partial charge in [0.05, 0.1) is 0 Å². The zero-order chi connectivity index (χ0) is 9.40. The number of Topliss-reactive ketones (excluding diaryl/α,β-unsaturated/α-hetero) is 1. The van der Waals surface area contributed by atoms with Crippen LogP contribution >= 0.6 is 0 Å². The predicted octanol–water partition coefficient (Wildman–Crippen LogP) is 2.28. The Morgan fingerprint density at radius 1 is 1.33 bits per heavy atom. The highest BCUT2D eigenvalue weighted by Gasteiger charge is 2.03. The van der Waals surface area contributed by atoms with Gasteiger partial charge in [-0.25, -0.2) is 0 Å². The van der Waals surface area contributed by atoms with E-state index in [9.17, 15) is 9.59 Å². The molecule has 0 bridgehead atoms. The summed E-state index contributed by atoms with van der Waals surface area (Å²) in [5, 5.41) is 0. The Bertz CT molecular complexity index is 180. The SMILES string of the molecule is CCC=C(C=O)CC(=O)CCC. The van der Waals surface area contributed by atoms with E-state index in [4.69, 9.17) is 0 Å². The molecule has 0 aromatic carbocycles. The summed E-state index contributed by atoms with van der Waals surface area (Å²) in [6.45, 7) is 3.91. The molecule has 2 heteroatoms. The number of hydrogen-bond donors (Lipinski definition) is 0. The van der Waals surface area contributed by atoms with Gasteiger partial charge in [-0.15, -0.1) is 0 Å². The highest BCUT2D eigenvalue weighted by atomic mass is 16.1. The molecule has 0 rings (SSSR count). The molecule has 0 aliphatic heterocycles. The van der Waals surface area contributed by atoms with Crippen molar-refractivity contribution in [2.45, 2.75) is 39.5 Å². The van der Waals surface area contributed by atoms with Crippen molar-refractivity contribution >= 4 is 12.1 Å². The van der Waals surface area contributed by atoms with Crippen LogP contribution in [0.15, 0.2) is 11.6 Å². The van der Waals surface area contributed by atoms with Crippen LogP contribution in [-0.4, -0.2) is 12.1 Å². The minimum absolute atomic E-state index is 0.157. The minimum atomic E-state index is 0.157. The number of hydrogen-bond acceptors (Lipinski definition) is 2. The van der Waals surface area contributed by atoms with Gasteiger partial charge in [-0.3, -0.25) is 9.59 Å². The van der Waals surface area contributed by atoms with Crippen molar-refractivity contribution in [2.24, 2.45) is 0 Å². The van der Waals surface area contributed by atoms with Gasteiger partial charge < -0.3 is 0 Å². The van der Waals surface area contributed by atoms with Crippen molar-refractivity contribution in [1.29, 1.82) is 0 Å². The van der Waals surface area contributed by atoms with E-state index in [1.165, 1.54) is 0 Å². The second-order valence-electron chi connectivity index (χ2n) is 2.77. The normalized spacial score (nSPS) is 11.3. The van der Waals surface area contributed by atoms with Crippen molar-refractivity contribution in [1.82, 2.24) is 0 Å². The Kier molecular flexibility index (Phi) is 6.25. The molecule has 0 saturated carbocycles. The predicted molar refractivity (Wildman–Crippen MR) is 49.0 cm³/mol. The fourth-order valence-electron chi connectivity index (χ4n) is 1.02. The molecule has 0 aromatic rings. The zero-order valence-corrected chi connectivity index (χ0v) is 7.80. The van der Waals surface area contributed by atoms with Gasteiger partial charge in [0, 0.05) is 12.8 Å². The number of ketones is 1. The van der Waals surface area contributed by atoms with Crippen molar-refractivity contribution in [3.63, 3.8) is 0 Å². The van der Waals surface area contributed by atoms with Crippen LogP contribution in [0.4, 0.5) is 0 Å². The number of rotatable bonds is 6. The van der Waals surface area contributed by atoms with E-state index in [0.29, 0.717) is 18.4 Å². The van der Waals surface area contributed by atoms with Crippen LogP contribution < -0.4 is 0 Å². The average molecular weight is 168 g/mol. The Morgan fingerprint density at radius 3 is 2.42 bits per heavy atom. The van der Waals surface area contributed by atoms with Gasteiger partial charge in [-0.05, 0) is 18.4 Å². The molecule has 0 unspecified atom stereocenters. The van der Waals surface area contributed by atoms with E-state index in [2.05, 4.69) is 0 Å². The summed E-state index contributed by atoms with van der Waals surface area (Å²) >= 11 is 0. The van der Waals surface area contributed by atoms with Crippen LogP contribution in [0.5, 0.6) is 0 Å². The summed E-state index contributed by atoms with van der Waals surface area (Å²) in [7, 11) is 0. The van der Waals surface area contributed by atoms with Crippen LogP contribution in [-0.2, 0) is 9.59 Å². The summed E-state index contributed by atoms with van der Waals surface area (Å²) < 4.78 is 0. The molecule has 0 aromatic heterocycles. The average Bonchev–Trinajstić information content (AvgIpc) is 2.04. The highest BCUT2D eigenvalue weighted by molar-refractivity contribution is 5.88. The second-order valence-corrected chi connectivity index (χ2v) is 2.77. The Hall–Kier alpha value is -0.920. The fourth-order valence-corrected chi connectivity index (χ4v) is 1.02. The molecular weight excluding hydrogens is 152 g/mol. The number of carbonyl (C=O) groups is 2. The molecule has 0 radical (unpaired) electrons. The van der Waals surface area contributed by atoms with Crippen LogP contribution in [0.3, 0.4) is 0 Å². The minimum Gasteiger partial charge on any atom is -0.299 e. The maximum Gasteiger partial charge on any atom is 0.146 e. The van der Waals surface area contributed by atoms with E-state index in [-0.39, 0.29) is 5.78 Å². The molecule has 0 spiro atoms. The standard InChI is InChI=1S/C10H16O2/c1-3-5-9(8-11)7-10(12)6-4-2/h5,8H,3-4,6-7H2,1-2H3. The first-order valence-corrected chi connectivity index (χ1v) is 4.40. The van der Waals surface area contributed by atoms with Gasteiger partial charge in [-0.2, -0.15) is 0 Å². The molecule has 0 saturated heterocycles. The third-order valence-corrected chi connectivity index (χ3v) is 1.55. The maximum atomic E-state index is 11.1. The van der Waals surface area contributed by atoms with Gasteiger partial charge in [0.2, 0.25) is 0 Å². The quantitative estimate of drug-likeness (QED) is 0.450. The Morgan fingerprint density at radius 2 is 2.00 bits per heavy atom. The van der Waals surface area contributed by atoms with Crippen molar-refractivity contribution < 1.29 is 9.59 Å². The van der Waals surface area contributed by atoms with E-state index >= 15 is 0 Å². The molecule has 2 nitrogen and oxygen atoms in total. The highest BCUT2D eigenvalue weighted by Crippen LogP contribution is 2.03. The lowest BCUT2D eigenvalue weighted by Crippen LogP contribution is -1.99. The largest absolute Gasteiger partial charge is 0.299 e. The molecular formula is C10H16O2. The van der Waals surface area contributed by atoms with Gasteiger partial charge >= 0.3 is 0 Å².